The summed E-state index contributed by atoms with van der Waals surface area (Å²) < 4.78 is 0.588. The number of rotatable bonds is 3. The number of halogens is 1. The molecule has 4 nitrogen and oxygen atoms in total. The van der Waals surface area contributed by atoms with E-state index in [1.54, 1.807) is 0 Å². The van der Waals surface area contributed by atoms with E-state index in [4.69, 9.17) is 0 Å². The van der Waals surface area contributed by atoms with Crippen molar-refractivity contribution >= 4 is 28.4 Å². The van der Waals surface area contributed by atoms with Gasteiger partial charge in [-0.3, -0.25) is 4.79 Å². The van der Waals surface area contributed by atoms with Gasteiger partial charge in [0.1, 0.15) is 9.39 Å². The third-order valence-electron chi connectivity index (χ3n) is 1.42. The molecule has 1 rings (SSSR count). The Morgan fingerprint density at radius 3 is 3.23 bits per heavy atom. The zero-order valence-corrected chi connectivity index (χ0v) is 9.33. The van der Waals surface area contributed by atoms with Crippen LogP contribution in [0.3, 0.4) is 0 Å². The second-order valence-electron chi connectivity index (χ2n) is 2.34. The highest BCUT2D eigenvalue weighted by molar-refractivity contribution is 14.1. The molecule has 70 valence electrons. The Kier molecular flexibility index (Phi) is 3.94. The fraction of sp³-hybridized carbons (Fsp3) is 0.250. The molecule has 5 heteroatoms. The van der Waals surface area contributed by atoms with Crippen LogP contribution in [0.5, 0.6) is 0 Å². The molecule has 0 aliphatic rings. The summed E-state index contributed by atoms with van der Waals surface area (Å²) in [4.78, 5) is 17.6. The molecule has 1 heterocycles. The summed E-state index contributed by atoms with van der Waals surface area (Å²) in [5.41, 5.74) is -0.112. The van der Waals surface area contributed by atoms with Gasteiger partial charge in [0.15, 0.2) is 0 Å². The first-order valence-electron chi connectivity index (χ1n) is 3.84. The highest BCUT2D eigenvalue weighted by Gasteiger charge is 2.02. The number of nitrogens with one attached hydrogen (secondary N) is 2. The van der Waals surface area contributed by atoms with Gasteiger partial charge in [-0.25, -0.2) is 4.98 Å². The maximum absolute atomic E-state index is 11.1. The zero-order valence-electron chi connectivity index (χ0n) is 7.17. The number of aromatic nitrogens is 2. The Morgan fingerprint density at radius 2 is 2.54 bits per heavy atom. The van der Waals surface area contributed by atoms with Crippen molar-refractivity contribution in [2.45, 2.75) is 6.92 Å². The molecule has 0 unspecified atom stereocenters. The average Bonchev–Trinajstić information content (AvgIpc) is 2.13. The number of nitrogens with zero attached hydrogens (tertiary/aromatic N) is 1. The fourth-order valence-corrected chi connectivity index (χ4v) is 1.27. The predicted octanol–water partition coefficient (Wildman–Crippen LogP) is 1.36. The Balaban J connectivity index is 2.77. The minimum absolute atomic E-state index is 0.112. The summed E-state index contributed by atoms with van der Waals surface area (Å²) in [5, 5.41) is 3.03. The largest absolute Gasteiger partial charge is 0.366 e. The molecule has 0 aliphatic heterocycles. The summed E-state index contributed by atoms with van der Waals surface area (Å²) in [6, 6.07) is 0. The molecule has 0 atom stereocenters. The van der Waals surface area contributed by atoms with Crippen LogP contribution in [0.4, 0.5) is 5.82 Å². The minimum atomic E-state index is -0.112. The monoisotopic (exact) mass is 291 g/mol. The van der Waals surface area contributed by atoms with Crippen LogP contribution in [-0.2, 0) is 0 Å². The van der Waals surface area contributed by atoms with Crippen molar-refractivity contribution in [1.29, 1.82) is 0 Å². The first-order chi connectivity index (χ1) is 6.25. The van der Waals surface area contributed by atoms with E-state index in [9.17, 15) is 4.79 Å². The van der Waals surface area contributed by atoms with Crippen molar-refractivity contribution < 1.29 is 0 Å². The second-order valence-corrected chi connectivity index (χ2v) is 3.42. The first kappa shape index (κ1) is 10.2. The van der Waals surface area contributed by atoms with Crippen molar-refractivity contribution in [2.24, 2.45) is 0 Å². The van der Waals surface area contributed by atoms with Gasteiger partial charge in [-0.05, 0) is 29.5 Å². The highest BCUT2D eigenvalue weighted by Crippen LogP contribution is 2.07. The van der Waals surface area contributed by atoms with E-state index < -0.39 is 0 Å². The van der Waals surface area contributed by atoms with E-state index in [0.717, 1.165) is 0 Å². The third-order valence-corrected chi connectivity index (χ3v) is 2.42. The number of aromatic amines is 1. The Hall–Kier alpha value is -0.850. The SMILES string of the molecule is C/C=C/CNc1nc[nH]c(=O)c1I. The lowest BCUT2D eigenvalue weighted by Gasteiger charge is -2.02. The molecule has 0 saturated heterocycles. The second kappa shape index (κ2) is 5.00. The van der Waals surface area contributed by atoms with E-state index in [-0.39, 0.29) is 5.56 Å². The van der Waals surface area contributed by atoms with Crippen LogP contribution < -0.4 is 10.9 Å². The van der Waals surface area contributed by atoms with Crippen LogP contribution in [-0.4, -0.2) is 16.5 Å². The lowest BCUT2D eigenvalue weighted by Crippen LogP contribution is -2.14. The van der Waals surface area contributed by atoms with Crippen LogP contribution in [0.25, 0.3) is 0 Å². The van der Waals surface area contributed by atoms with Gasteiger partial charge in [0.2, 0.25) is 0 Å². The number of H-pyrrole nitrogens is 1. The van der Waals surface area contributed by atoms with Crippen molar-refractivity contribution in [2.75, 3.05) is 11.9 Å². The fourth-order valence-electron chi connectivity index (χ4n) is 0.780. The quantitative estimate of drug-likeness (QED) is 0.653. The zero-order chi connectivity index (χ0) is 9.68. The normalized spacial score (nSPS) is 10.6. The molecule has 13 heavy (non-hydrogen) atoms. The van der Waals surface area contributed by atoms with E-state index in [0.29, 0.717) is 15.9 Å². The number of anilines is 1. The highest BCUT2D eigenvalue weighted by atomic mass is 127. The number of allylic oxidation sites excluding steroid dienone is 1. The topological polar surface area (TPSA) is 57.8 Å². The van der Waals surface area contributed by atoms with Gasteiger partial charge in [0.25, 0.3) is 5.56 Å². The molecule has 0 aliphatic carbocycles. The Morgan fingerprint density at radius 1 is 1.77 bits per heavy atom. The smallest absolute Gasteiger partial charge is 0.266 e. The van der Waals surface area contributed by atoms with Crippen molar-refractivity contribution in [3.05, 3.63) is 32.4 Å². The van der Waals surface area contributed by atoms with Gasteiger partial charge in [0, 0.05) is 6.54 Å². The van der Waals surface area contributed by atoms with Gasteiger partial charge in [-0.1, -0.05) is 12.2 Å². The molecule has 1 aromatic heterocycles. The number of hydrogen-bond donors (Lipinski definition) is 2. The van der Waals surface area contributed by atoms with Gasteiger partial charge in [-0.2, -0.15) is 0 Å². The van der Waals surface area contributed by atoms with Gasteiger partial charge in [-0.15, -0.1) is 0 Å². The van der Waals surface area contributed by atoms with Gasteiger partial charge in [0.05, 0.1) is 6.33 Å². The molecule has 0 aromatic carbocycles. The molecule has 0 amide bonds. The summed E-state index contributed by atoms with van der Waals surface area (Å²) in [7, 11) is 0. The molecular formula is C8H10IN3O. The van der Waals surface area contributed by atoms with Crippen molar-refractivity contribution in [1.82, 2.24) is 9.97 Å². The standard InChI is InChI=1S/C8H10IN3O/c1-2-3-4-10-7-6(9)8(13)12-5-11-7/h2-3,5H,4H2,1H3,(H2,10,11,12,13)/b3-2+. The molecule has 1 aromatic rings. The Bertz CT molecular complexity index is 359. The number of hydrogen-bond acceptors (Lipinski definition) is 3. The van der Waals surface area contributed by atoms with E-state index in [2.05, 4.69) is 15.3 Å². The lowest BCUT2D eigenvalue weighted by atomic mass is 10.5. The maximum atomic E-state index is 11.1. The molecular weight excluding hydrogens is 281 g/mol. The molecule has 0 radical (unpaired) electrons. The van der Waals surface area contributed by atoms with Crippen LogP contribution >= 0.6 is 22.6 Å². The molecule has 0 bridgehead atoms. The van der Waals surface area contributed by atoms with E-state index in [1.165, 1.54) is 6.33 Å². The van der Waals surface area contributed by atoms with Crippen LogP contribution in [0.15, 0.2) is 23.3 Å². The predicted molar refractivity (Wildman–Crippen MR) is 60.9 cm³/mol. The van der Waals surface area contributed by atoms with E-state index in [1.807, 2.05) is 41.7 Å². The van der Waals surface area contributed by atoms with Crippen LogP contribution in [0.2, 0.25) is 0 Å². The molecule has 0 spiro atoms. The summed E-state index contributed by atoms with van der Waals surface area (Å²) in [6.07, 6.45) is 5.29. The maximum Gasteiger partial charge on any atom is 0.266 e. The Labute approximate surface area is 89.6 Å². The summed E-state index contributed by atoms with van der Waals surface area (Å²) in [6.45, 7) is 2.63. The van der Waals surface area contributed by atoms with Crippen molar-refractivity contribution in [3.8, 4) is 0 Å². The van der Waals surface area contributed by atoms with Crippen molar-refractivity contribution in [3.63, 3.8) is 0 Å². The summed E-state index contributed by atoms with van der Waals surface area (Å²) >= 11 is 1.96. The lowest BCUT2D eigenvalue weighted by molar-refractivity contribution is 1.08. The van der Waals surface area contributed by atoms with Crippen LogP contribution in [0.1, 0.15) is 6.92 Å². The van der Waals surface area contributed by atoms with Gasteiger partial charge < -0.3 is 10.3 Å². The van der Waals surface area contributed by atoms with Crippen LogP contribution in [0, 0.1) is 3.57 Å². The summed E-state index contributed by atoms with van der Waals surface area (Å²) in [5.74, 6) is 0.627. The van der Waals surface area contributed by atoms with E-state index >= 15 is 0 Å². The molecule has 2 N–H and O–H groups in total. The third kappa shape index (κ3) is 2.83. The molecule has 0 saturated carbocycles. The average molecular weight is 291 g/mol. The first-order valence-corrected chi connectivity index (χ1v) is 4.91. The minimum Gasteiger partial charge on any atom is -0.366 e. The molecule has 0 fully saturated rings. The van der Waals surface area contributed by atoms with Gasteiger partial charge >= 0.3 is 0 Å².